The van der Waals surface area contributed by atoms with Crippen LogP contribution in [0.4, 0.5) is 11.4 Å². The van der Waals surface area contributed by atoms with Crippen LogP contribution in [0.15, 0.2) is 18.2 Å². The maximum absolute atomic E-state index is 12.6. The average molecular weight is 288 g/mol. The molecule has 0 spiro atoms. The van der Waals surface area contributed by atoms with E-state index < -0.39 is 0 Å². The van der Waals surface area contributed by atoms with Crippen molar-refractivity contribution in [2.45, 2.75) is 18.9 Å². The van der Waals surface area contributed by atoms with Crippen LogP contribution >= 0.6 is 0 Å². The molecule has 21 heavy (non-hydrogen) atoms. The van der Waals surface area contributed by atoms with Crippen LogP contribution in [0.2, 0.25) is 0 Å². The number of amides is 1. The van der Waals surface area contributed by atoms with Gasteiger partial charge in [-0.3, -0.25) is 4.79 Å². The number of likely N-dealkylation sites (tertiary alicyclic amines) is 1. The second kappa shape index (κ2) is 5.93. The molecule has 0 aromatic heterocycles. The van der Waals surface area contributed by atoms with Crippen molar-refractivity contribution in [3.63, 3.8) is 0 Å². The third-order valence-electron chi connectivity index (χ3n) is 4.50. The monoisotopic (exact) mass is 288 g/mol. The van der Waals surface area contributed by atoms with Gasteiger partial charge in [-0.15, -0.1) is 0 Å². The quantitative estimate of drug-likeness (QED) is 0.869. The van der Waals surface area contributed by atoms with Crippen molar-refractivity contribution in [1.29, 1.82) is 0 Å². The largest absolute Gasteiger partial charge is 0.382 e. The van der Waals surface area contributed by atoms with Crippen molar-refractivity contribution in [1.82, 2.24) is 9.80 Å². The van der Waals surface area contributed by atoms with E-state index in [-0.39, 0.29) is 5.91 Å². The molecule has 2 N–H and O–H groups in total. The Morgan fingerprint density at radius 2 is 1.81 bits per heavy atom. The summed E-state index contributed by atoms with van der Waals surface area (Å²) in [5, 5.41) is 6.68. The molecule has 0 atom stereocenters. The first-order valence-corrected chi connectivity index (χ1v) is 7.72. The zero-order valence-corrected chi connectivity index (χ0v) is 12.9. The first kappa shape index (κ1) is 14.2. The highest BCUT2D eigenvalue weighted by atomic mass is 16.2. The molecule has 114 valence electrons. The van der Waals surface area contributed by atoms with E-state index in [4.69, 9.17) is 0 Å². The minimum atomic E-state index is 0.155. The SMILES string of the molecule is CN(C)C1CCN(C(=O)c2ccc3c(c2)NCCN3)CC1. The van der Waals surface area contributed by atoms with E-state index in [9.17, 15) is 4.79 Å². The summed E-state index contributed by atoms with van der Waals surface area (Å²) in [6, 6.07) is 6.51. The average Bonchev–Trinajstić information content (AvgIpc) is 2.54. The molecule has 0 radical (unpaired) electrons. The summed E-state index contributed by atoms with van der Waals surface area (Å²) in [6.45, 7) is 3.53. The van der Waals surface area contributed by atoms with E-state index in [1.165, 1.54) is 0 Å². The molecule has 2 aliphatic heterocycles. The van der Waals surface area contributed by atoms with E-state index in [2.05, 4.69) is 29.6 Å². The molecule has 0 unspecified atom stereocenters. The summed E-state index contributed by atoms with van der Waals surface area (Å²) in [4.78, 5) is 16.9. The number of carbonyl (C=O) groups excluding carboxylic acids is 1. The lowest BCUT2D eigenvalue weighted by Crippen LogP contribution is -2.44. The maximum Gasteiger partial charge on any atom is 0.253 e. The highest BCUT2D eigenvalue weighted by Crippen LogP contribution is 2.26. The van der Waals surface area contributed by atoms with Crippen molar-refractivity contribution in [2.75, 3.05) is 50.9 Å². The molecule has 1 aromatic carbocycles. The number of anilines is 2. The van der Waals surface area contributed by atoms with Crippen LogP contribution in [0.5, 0.6) is 0 Å². The molecular formula is C16H24N4O. The lowest BCUT2D eigenvalue weighted by atomic mass is 10.0. The predicted molar refractivity (Wildman–Crippen MR) is 86.0 cm³/mol. The summed E-state index contributed by atoms with van der Waals surface area (Å²) in [5.41, 5.74) is 2.91. The van der Waals surface area contributed by atoms with Crippen LogP contribution in [0.1, 0.15) is 23.2 Å². The van der Waals surface area contributed by atoms with E-state index in [0.717, 1.165) is 56.0 Å². The minimum absolute atomic E-state index is 0.155. The van der Waals surface area contributed by atoms with Gasteiger partial charge in [-0.25, -0.2) is 0 Å². The van der Waals surface area contributed by atoms with E-state index in [0.29, 0.717) is 6.04 Å². The molecule has 1 amide bonds. The lowest BCUT2D eigenvalue weighted by Gasteiger charge is -2.35. The van der Waals surface area contributed by atoms with Crippen LogP contribution in [-0.2, 0) is 0 Å². The van der Waals surface area contributed by atoms with Crippen LogP contribution in [0.3, 0.4) is 0 Å². The Morgan fingerprint density at radius 1 is 1.14 bits per heavy atom. The van der Waals surface area contributed by atoms with Crippen molar-refractivity contribution in [2.24, 2.45) is 0 Å². The normalized spacial score (nSPS) is 18.9. The van der Waals surface area contributed by atoms with Crippen LogP contribution < -0.4 is 10.6 Å². The van der Waals surface area contributed by atoms with Gasteiger partial charge in [0.25, 0.3) is 5.91 Å². The number of piperidine rings is 1. The zero-order valence-electron chi connectivity index (χ0n) is 12.9. The molecule has 2 aliphatic rings. The summed E-state index contributed by atoms with van der Waals surface area (Å²) >= 11 is 0. The molecule has 2 heterocycles. The van der Waals surface area contributed by atoms with Crippen molar-refractivity contribution >= 4 is 17.3 Å². The summed E-state index contributed by atoms with van der Waals surface area (Å²) < 4.78 is 0. The number of nitrogens with zero attached hydrogens (tertiary/aromatic N) is 2. The summed E-state index contributed by atoms with van der Waals surface area (Å²) in [7, 11) is 4.23. The van der Waals surface area contributed by atoms with Gasteiger partial charge in [0.2, 0.25) is 0 Å². The zero-order chi connectivity index (χ0) is 14.8. The number of fused-ring (bicyclic) bond motifs is 1. The summed E-state index contributed by atoms with van der Waals surface area (Å²) in [5.74, 6) is 0.155. The second-order valence-corrected chi connectivity index (χ2v) is 6.10. The molecule has 3 rings (SSSR count). The van der Waals surface area contributed by atoms with Crippen LogP contribution in [0.25, 0.3) is 0 Å². The molecule has 1 aromatic rings. The Balaban J connectivity index is 1.68. The first-order valence-electron chi connectivity index (χ1n) is 7.72. The topological polar surface area (TPSA) is 47.6 Å². The number of hydrogen-bond acceptors (Lipinski definition) is 4. The third kappa shape index (κ3) is 2.97. The molecule has 0 saturated carbocycles. The van der Waals surface area contributed by atoms with E-state index >= 15 is 0 Å². The number of hydrogen-bond donors (Lipinski definition) is 2. The fourth-order valence-electron chi connectivity index (χ4n) is 3.14. The molecular weight excluding hydrogens is 264 g/mol. The van der Waals surface area contributed by atoms with Gasteiger partial charge in [-0.2, -0.15) is 0 Å². The van der Waals surface area contributed by atoms with Gasteiger partial charge in [0.15, 0.2) is 0 Å². The molecule has 0 bridgehead atoms. The molecule has 0 aliphatic carbocycles. The van der Waals surface area contributed by atoms with Crippen LogP contribution in [-0.4, -0.2) is 62.0 Å². The number of benzene rings is 1. The van der Waals surface area contributed by atoms with Gasteiger partial charge in [-0.05, 0) is 45.1 Å². The Labute approximate surface area is 126 Å². The Hall–Kier alpha value is -1.75. The molecule has 5 heteroatoms. The smallest absolute Gasteiger partial charge is 0.253 e. The van der Waals surface area contributed by atoms with Crippen molar-refractivity contribution < 1.29 is 4.79 Å². The van der Waals surface area contributed by atoms with E-state index in [1.807, 2.05) is 23.1 Å². The summed E-state index contributed by atoms with van der Waals surface area (Å²) in [6.07, 6.45) is 2.12. The van der Waals surface area contributed by atoms with Crippen LogP contribution in [0, 0.1) is 0 Å². The van der Waals surface area contributed by atoms with Crippen molar-refractivity contribution in [3.05, 3.63) is 23.8 Å². The standard InChI is InChI=1S/C16H24N4O/c1-19(2)13-5-9-20(10-6-13)16(21)12-3-4-14-15(11-12)18-8-7-17-14/h3-4,11,13,17-18H,5-10H2,1-2H3. The Kier molecular flexibility index (Phi) is 4.01. The van der Waals surface area contributed by atoms with E-state index in [1.54, 1.807) is 0 Å². The Bertz CT molecular complexity index is 521. The second-order valence-electron chi connectivity index (χ2n) is 6.10. The lowest BCUT2D eigenvalue weighted by molar-refractivity contribution is 0.0663. The maximum atomic E-state index is 12.6. The van der Waals surface area contributed by atoms with Gasteiger partial charge in [0.1, 0.15) is 0 Å². The predicted octanol–water partition coefficient (Wildman–Crippen LogP) is 1.69. The molecule has 5 nitrogen and oxygen atoms in total. The van der Waals surface area contributed by atoms with Gasteiger partial charge < -0.3 is 20.4 Å². The Morgan fingerprint density at radius 3 is 2.48 bits per heavy atom. The first-order chi connectivity index (χ1) is 10.1. The number of rotatable bonds is 2. The van der Waals surface area contributed by atoms with Crippen molar-refractivity contribution in [3.8, 4) is 0 Å². The number of carbonyl (C=O) groups is 1. The molecule has 1 saturated heterocycles. The fourth-order valence-corrected chi connectivity index (χ4v) is 3.14. The number of nitrogens with one attached hydrogen (secondary N) is 2. The van der Waals surface area contributed by atoms with Gasteiger partial charge in [0, 0.05) is 37.8 Å². The van der Waals surface area contributed by atoms with Gasteiger partial charge in [0.05, 0.1) is 11.4 Å². The van der Waals surface area contributed by atoms with Gasteiger partial charge >= 0.3 is 0 Å². The fraction of sp³-hybridized carbons (Fsp3) is 0.562. The van der Waals surface area contributed by atoms with Gasteiger partial charge in [-0.1, -0.05) is 0 Å². The highest BCUT2D eigenvalue weighted by molar-refractivity contribution is 5.96. The molecule has 1 fully saturated rings. The minimum Gasteiger partial charge on any atom is -0.382 e. The third-order valence-corrected chi connectivity index (χ3v) is 4.50. The highest BCUT2D eigenvalue weighted by Gasteiger charge is 2.25.